The van der Waals surface area contributed by atoms with Gasteiger partial charge in [0.15, 0.2) is 0 Å². The smallest absolute Gasteiger partial charge is 0.257 e. The molecule has 1 amide bonds. The fraction of sp³-hybridized carbons (Fsp3) is 0.611. The molecule has 1 fully saturated rings. The predicted octanol–water partition coefficient (Wildman–Crippen LogP) is 4.12. The highest BCUT2D eigenvalue weighted by atomic mass is 79.9. The Morgan fingerprint density at radius 1 is 1.38 bits per heavy atom. The summed E-state index contributed by atoms with van der Waals surface area (Å²) in [4.78, 5) is 14.8. The fourth-order valence-corrected chi connectivity index (χ4v) is 3.31. The van der Waals surface area contributed by atoms with Gasteiger partial charge in [0.05, 0.1) is 11.7 Å². The van der Waals surface area contributed by atoms with Crippen LogP contribution in [0.1, 0.15) is 43.5 Å². The van der Waals surface area contributed by atoms with Crippen molar-refractivity contribution < 1.29 is 9.53 Å². The number of nitrogens with one attached hydrogen (secondary N) is 1. The highest BCUT2D eigenvalue weighted by Gasteiger charge is 2.25. The lowest BCUT2D eigenvalue weighted by atomic mass is 9.93. The first-order valence-corrected chi connectivity index (χ1v) is 9.20. The Morgan fingerprint density at radius 2 is 2.04 bits per heavy atom. The van der Waals surface area contributed by atoms with Gasteiger partial charge in [-0.15, -0.1) is 12.4 Å². The molecule has 0 spiro atoms. The normalized spacial score (nSPS) is 15.3. The zero-order chi connectivity index (χ0) is 16.8. The monoisotopic (exact) mass is 418 g/mol. The standard InChI is InChI=1S/C18H27BrN2O2.ClH/c1-13(2)23-17-12-15(19)4-5-16(17)18(22)21-10-7-14(8-11-21)6-9-20-3;/h4-5,12-14,20H,6-11H2,1-3H3;1H. The third-order valence-corrected chi connectivity index (χ3v) is 4.73. The van der Waals surface area contributed by atoms with E-state index in [2.05, 4.69) is 21.2 Å². The molecule has 0 bridgehead atoms. The van der Waals surface area contributed by atoms with E-state index in [9.17, 15) is 4.79 Å². The molecule has 6 heteroatoms. The van der Waals surface area contributed by atoms with Crippen molar-refractivity contribution >= 4 is 34.2 Å². The van der Waals surface area contributed by atoms with E-state index in [-0.39, 0.29) is 24.4 Å². The molecular formula is C18H28BrClN2O2. The Labute approximate surface area is 159 Å². The van der Waals surface area contributed by atoms with Gasteiger partial charge in [0, 0.05) is 17.6 Å². The maximum atomic E-state index is 12.9. The second-order valence-electron chi connectivity index (χ2n) is 6.43. The maximum absolute atomic E-state index is 12.9. The van der Waals surface area contributed by atoms with Crippen molar-refractivity contribution in [2.75, 3.05) is 26.7 Å². The van der Waals surface area contributed by atoms with Crippen LogP contribution in [0.15, 0.2) is 22.7 Å². The molecule has 0 unspecified atom stereocenters. The summed E-state index contributed by atoms with van der Waals surface area (Å²) in [6, 6.07) is 5.64. The molecule has 24 heavy (non-hydrogen) atoms. The lowest BCUT2D eigenvalue weighted by molar-refractivity contribution is 0.0681. The maximum Gasteiger partial charge on any atom is 0.257 e. The molecule has 0 radical (unpaired) electrons. The number of rotatable bonds is 6. The van der Waals surface area contributed by atoms with Crippen LogP contribution in [0, 0.1) is 5.92 Å². The Kier molecular flexibility index (Phi) is 9.09. The number of benzene rings is 1. The molecular weight excluding hydrogens is 392 g/mol. The average molecular weight is 420 g/mol. The molecule has 1 aliphatic rings. The third-order valence-electron chi connectivity index (χ3n) is 4.24. The molecule has 1 saturated heterocycles. The second-order valence-corrected chi connectivity index (χ2v) is 7.35. The Hall–Kier alpha value is -0.780. The number of ether oxygens (including phenoxy) is 1. The first-order valence-electron chi connectivity index (χ1n) is 8.41. The summed E-state index contributed by atoms with van der Waals surface area (Å²) in [7, 11) is 1.99. The molecule has 4 nitrogen and oxygen atoms in total. The third kappa shape index (κ3) is 5.94. The lowest BCUT2D eigenvalue weighted by Crippen LogP contribution is -2.39. The minimum Gasteiger partial charge on any atom is -0.490 e. The van der Waals surface area contributed by atoms with Gasteiger partial charge in [-0.3, -0.25) is 4.79 Å². The quantitative estimate of drug-likeness (QED) is 0.754. The zero-order valence-electron chi connectivity index (χ0n) is 14.7. The highest BCUT2D eigenvalue weighted by Crippen LogP contribution is 2.28. The van der Waals surface area contributed by atoms with Gasteiger partial charge in [0.1, 0.15) is 5.75 Å². The van der Waals surface area contributed by atoms with Crippen molar-refractivity contribution in [3.8, 4) is 5.75 Å². The largest absolute Gasteiger partial charge is 0.490 e. The van der Waals surface area contributed by atoms with Crippen LogP contribution in [0.25, 0.3) is 0 Å². The van der Waals surface area contributed by atoms with Crippen LogP contribution in [0.2, 0.25) is 0 Å². The fourth-order valence-electron chi connectivity index (χ4n) is 2.97. The van der Waals surface area contributed by atoms with Gasteiger partial charge in [-0.1, -0.05) is 15.9 Å². The van der Waals surface area contributed by atoms with Crippen molar-refractivity contribution in [3.05, 3.63) is 28.2 Å². The number of piperidine rings is 1. The van der Waals surface area contributed by atoms with Crippen LogP contribution in [-0.4, -0.2) is 43.6 Å². The lowest BCUT2D eigenvalue weighted by Gasteiger charge is -2.32. The Morgan fingerprint density at radius 3 is 2.62 bits per heavy atom. The number of halogens is 2. The summed E-state index contributed by atoms with van der Waals surface area (Å²) in [5.41, 5.74) is 0.663. The van der Waals surface area contributed by atoms with E-state index in [0.29, 0.717) is 11.3 Å². The highest BCUT2D eigenvalue weighted by molar-refractivity contribution is 9.10. The molecule has 0 aliphatic carbocycles. The van der Waals surface area contributed by atoms with E-state index in [1.807, 2.05) is 44.0 Å². The van der Waals surface area contributed by atoms with Crippen molar-refractivity contribution in [1.29, 1.82) is 0 Å². The van der Waals surface area contributed by atoms with E-state index in [4.69, 9.17) is 4.74 Å². The number of hydrogen-bond acceptors (Lipinski definition) is 3. The first kappa shape index (κ1) is 21.3. The van der Waals surface area contributed by atoms with E-state index >= 15 is 0 Å². The molecule has 1 heterocycles. The van der Waals surface area contributed by atoms with Gasteiger partial charge in [0.2, 0.25) is 0 Å². The average Bonchev–Trinajstić information content (AvgIpc) is 2.52. The van der Waals surface area contributed by atoms with E-state index in [0.717, 1.165) is 42.9 Å². The van der Waals surface area contributed by atoms with Crippen molar-refractivity contribution in [3.63, 3.8) is 0 Å². The summed E-state index contributed by atoms with van der Waals surface area (Å²) in [5.74, 6) is 1.47. The van der Waals surface area contributed by atoms with Crippen LogP contribution >= 0.6 is 28.3 Å². The summed E-state index contributed by atoms with van der Waals surface area (Å²) < 4.78 is 6.75. The van der Waals surface area contributed by atoms with E-state index < -0.39 is 0 Å². The van der Waals surface area contributed by atoms with Crippen LogP contribution in [-0.2, 0) is 0 Å². The summed E-state index contributed by atoms with van der Waals surface area (Å²) >= 11 is 3.45. The van der Waals surface area contributed by atoms with E-state index in [1.165, 1.54) is 6.42 Å². The summed E-state index contributed by atoms with van der Waals surface area (Å²) in [6.07, 6.45) is 3.41. The van der Waals surface area contributed by atoms with Crippen LogP contribution in [0.4, 0.5) is 0 Å². The molecule has 0 aromatic heterocycles. The number of nitrogens with zero attached hydrogens (tertiary/aromatic N) is 1. The molecule has 1 aliphatic heterocycles. The predicted molar refractivity (Wildman–Crippen MR) is 104 cm³/mol. The number of carbonyl (C=O) groups excluding carboxylic acids is 1. The van der Waals surface area contributed by atoms with Crippen molar-refractivity contribution in [2.45, 2.75) is 39.2 Å². The molecule has 136 valence electrons. The molecule has 2 rings (SSSR count). The molecule has 0 saturated carbocycles. The van der Waals surface area contributed by atoms with Gasteiger partial charge in [-0.25, -0.2) is 0 Å². The van der Waals surface area contributed by atoms with E-state index in [1.54, 1.807) is 0 Å². The number of likely N-dealkylation sites (tertiary alicyclic amines) is 1. The molecule has 0 atom stereocenters. The SMILES string of the molecule is CNCCC1CCN(C(=O)c2ccc(Br)cc2OC(C)C)CC1.Cl. The Bertz CT molecular complexity index is 532. The van der Waals surface area contributed by atoms with Gasteiger partial charge < -0.3 is 15.0 Å². The van der Waals surface area contributed by atoms with Crippen LogP contribution < -0.4 is 10.1 Å². The zero-order valence-corrected chi connectivity index (χ0v) is 17.1. The summed E-state index contributed by atoms with van der Waals surface area (Å²) in [5, 5.41) is 3.20. The minimum absolute atomic E-state index is 0. The number of carbonyl (C=O) groups is 1. The van der Waals surface area contributed by atoms with Crippen molar-refractivity contribution in [2.24, 2.45) is 5.92 Å². The second kappa shape index (κ2) is 10.3. The van der Waals surface area contributed by atoms with Crippen LogP contribution in [0.3, 0.4) is 0 Å². The van der Waals surface area contributed by atoms with Gasteiger partial charge in [-0.05, 0) is 70.8 Å². The van der Waals surface area contributed by atoms with Gasteiger partial charge >= 0.3 is 0 Å². The topological polar surface area (TPSA) is 41.6 Å². The molecule has 1 N–H and O–H groups in total. The van der Waals surface area contributed by atoms with Crippen LogP contribution in [0.5, 0.6) is 5.75 Å². The summed E-state index contributed by atoms with van der Waals surface area (Å²) in [6.45, 7) is 6.68. The van der Waals surface area contributed by atoms with Gasteiger partial charge in [-0.2, -0.15) is 0 Å². The first-order chi connectivity index (χ1) is 11.0. The van der Waals surface area contributed by atoms with Crippen molar-refractivity contribution in [1.82, 2.24) is 10.2 Å². The number of hydrogen-bond donors (Lipinski definition) is 1. The molecule has 1 aromatic rings. The van der Waals surface area contributed by atoms with Gasteiger partial charge in [0.25, 0.3) is 5.91 Å². The minimum atomic E-state index is 0. The number of amides is 1. The molecule has 1 aromatic carbocycles. The Balaban J connectivity index is 0.00000288.